The summed E-state index contributed by atoms with van der Waals surface area (Å²) in [5.41, 5.74) is -3.83. The number of aromatic nitrogens is 2. The largest absolute Gasteiger partial charge is 0.422 e. The molecule has 3 aromatic rings. The molecule has 0 unspecified atom stereocenters. The van der Waals surface area contributed by atoms with E-state index in [9.17, 15) is 35.5 Å². The van der Waals surface area contributed by atoms with Gasteiger partial charge in [0.1, 0.15) is 11.3 Å². The van der Waals surface area contributed by atoms with Crippen LogP contribution in [0.2, 0.25) is 5.02 Å². The van der Waals surface area contributed by atoms with Crippen LogP contribution in [-0.2, 0) is 12.7 Å². The first kappa shape index (κ1) is 21.1. The Morgan fingerprint density at radius 2 is 1.76 bits per heavy atom. The van der Waals surface area contributed by atoms with E-state index < -0.39 is 46.6 Å². The van der Waals surface area contributed by atoms with Gasteiger partial charge in [-0.1, -0.05) is 11.6 Å². The minimum atomic E-state index is -5.67. The summed E-state index contributed by atoms with van der Waals surface area (Å²) < 4.78 is 94.3. The van der Waals surface area contributed by atoms with Gasteiger partial charge in [0.15, 0.2) is 23.3 Å². The summed E-state index contributed by atoms with van der Waals surface area (Å²) in [4.78, 5) is 12.0. The number of carbonyl (C=O) groups excluding carboxylic acids is 1. The number of nitrogens with one attached hydrogen (secondary N) is 1. The number of hydrogen-bond donors (Lipinski definition) is 1. The number of carbonyl (C=O) groups is 1. The predicted octanol–water partition coefficient (Wildman–Crippen LogP) is 5.47. The third kappa shape index (κ3) is 4.22. The molecular formula is C16H7ClF7N3OS. The van der Waals surface area contributed by atoms with Gasteiger partial charge in [0.2, 0.25) is 0 Å². The maximum absolute atomic E-state index is 13.9. The number of nitrogens with zero attached hydrogens (tertiary/aromatic N) is 2. The van der Waals surface area contributed by atoms with Gasteiger partial charge < -0.3 is 5.32 Å². The molecule has 0 radical (unpaired) electrons. The van der Waals surface area contributed by atoms with Crippen molar-refractivity contribution >= 4 is 34.5 Å². The van der Waals surface area contributed by atoms with Gasteiger partial charge in [-0.15, -0.1) is 11.3 Å². The number of alkyl halides is 3. The van der Waals surface area contributed by atoms with Crippen LogP contribution < -0.4 is 5.32 Å². The first-order valence-corrected chi connectivity index (χ1v) is 8.74. The average Bonchev–Trinajstić information content (AvgIpc) is 3.25. The van der Waals surface area contributed by atoms with Crippen LogP contribution in [0.15, 0.2) is 23.8 Å². The molecule has 154 valence electrons. The zero-order valence-corrected chi connectivity index (χ0v) is 15.3. The Bertz CT molecular complexity index is 1060. The molecule has 0 saturated carbocycles. The smallest absolute Gasteiger partial charge is 0.316 e. The molecule has 0 aliphatic heterocycles. The fourth-order valence-corrected chi connectivity index (χ4v) is 3.31. The maximum atomic E-state index is 13.9. The summed E-state index contributed by atoms with van der Waals surface area (Å²) in [5, 5.41) is 7.36. The second-order valence-electron chi connectivity index (χ2n) is 5.63. The molecule has 3 rings (SSSR count). The number of amides is 1. The van der Waals surface area contributed by atoms with Crippen LogP contribution >= 0.6 is 22.9 Å². The topological polar surface area (TPSA) is 46.9 Å². The molecule has 1 N–H and O–H groups in total. The van der Waals surface area contributed by atoms with Crippen molar-refractivity contribution in [2.45, 2.75) is 12.7 Å². The van der Waals surface area contributed by atoms with E-state index in [1.165, 1.54) is 28.5 Å². The Hall–Kier alpha value is -2.60. The lowest BCUT2D eigenvalue weighted by Gasteiger charge is -2.14. The van der Waals surface area contributed by atoms with E-state index >= 15 is 0 Å². The van der Waals surface area contributed by atoms with Crippen LogP contribution in [0.5, 0.6) is 0 Å². The number of thiophene rings is 1. The van der Waals surface area contributed by atoms with E-state index in [2.05, 4.69) is 5.10 Å². The maximum Gasteiger partial charge on any atom is 0.422 e. The molecule has 1 aromatic carbocycles. The number of hydrogen-bond acceptors (Lipinski definition) is 3. The molecule has 0 saturated heterocycles. The Kier molecular flexibility index (Phi) is 5.59. The first-order chi connectivity index (χ1) is 13.5. The van der Waals surface area contributed by atoms with Gasteiger partial charge in [-0.2, -0.15) is 18.3 Å². The number of anilines is 1. The summed E-state index contributed by atoms with van der Waals surface area (Å²) in [7, 11) is 0. The minimum Gasteiger partial charge on any atom is -0.316 e. The third-order valence-electron chi connectivity index (χ3n) is 3.61. The molecule has 2 heterocycles. The zero-order valence-electron chi connectivity index (χ0n) is 13.8. The average molecular weight is 458 g/mol. The fourth-order valence-electron chi connectivity index (χ4n) is 2.35. The minimum absolute atomic E-state index is 0.113. The molecule has 0 atom stereocenters. The van der Waals surface area contributed by atoms with Crippen molar-refractivity contribution in [1.82, 2.24) is 9.78 Å². The molecule has 1 amide bonds. The van der Waals surface area contributed by atoms with Crippen LogP contribution in [-0.4, -0.2) is 15.7 Å². The second kappa shape index (κ2) is 7.67. The summed E-state index contributed by atoms with van der Waals surface area (Å²) in [6, 6.07) is 1.31. The Labute approximate surface area is 166 Å². The van der Waals surface area contributed by atoms with Crippen molar-refractivity contribution in [3.05, 3.63) is 68.1 Å². The normalized spacial score (nSPS) is 11.7. The van der Waals surface area contributed by atoms with E-state index in [1.807, 2.05) is 0 Å². The molecule has 2 aromatic heterocycles. The summed E-state index contributed by atoms with van der Waals surface area (Å²) in [5.74, 6) is -11.2. The molecule has 0 bridgehead atoms. The molecule has 29 heavy (non-hydrogen) atoms. The van der Waals surface area contributed by atoms with Gasteiger partial charge in [-0.3, -0.25) is 9.48 Å². The number of halogens is 8. The van der Waals surface area contributed by atoms with E-state index in [0.717, 1.165) is 11.3 Å². The van der Waals surface area contributed by atoms with Gasteiger partial charge in [0.05, 0.1) is 22.6 Å². The zero-order chi connectivity index (χ0) is 21.5. The van der Waals surface area contributed by atoms with E-state index in [4.69, 9.17) is 11.6 Å². The predicted molar refractivity (Wildman–Crippen MR) is 89.9 cm³/mol. The molecule has 0 fully saturated rings. The Balaban J connectivity index is 1.86. The van der Waals surface area contributed by atoms with Crippen LogP contribution in [0.3, 0.4) is 0 Å². The van der Waals surface area contributed by atoms with Crippen LogP contribution in [0.1, 0.15) is 20.8 Å². The standard InChI is InChI=1S/C16H7ClF7N3OS/c17-7-2-25-27(4-7)3-6-1-8(29-5-6)15(28)26-14-12(20)10(18)9(16(22,23)24)11(19)13(14)21/h1-2,4-5H,3H2,(H,26,28). The van der Waals surface area contributed by atoms with Crippen molar-refractivity contribution in [2.24, 2.45) is 0 Å². The summed E-state index contributed by atoms with van der Waals surface area (Å²) in [6.45, 7) is 0.197. The molecule has 0 spiro atoms. The molecule has 0 aliphatic rings. The van der Waals surface area contributed by atoms with Crippen molar-refractivity contribution < 1.29 is 35.5 Å². The van der Waals surface area contributed by atoms with Crippen molar-refractivity contribution in [1.29, 1.82) is 0 Å². The Morgan fingerprint density at radius 3 is 2.28 bits per heavy atom. The second-order valence-corrected chi connectivity index (χ2v) is 6.98. The molecule has 13 heteroatoms. The SMILES string of the molecule is O=C(Nc1c(F)c(F)c(C(F)(F)F)c(F)c1F)c1cc(Cn2cc(Cl)cn2)cs1. The number of benzene rings is 1. The van der Waals surface area contributed by atoms with E-state index in [1.54, 1.807) is 5.32 Å². The molecule has 4 nitrogen and oxygen atoms in total. The lowest BCUT2D eigenvalue weighted by molar-refractivity contribution is -0.143. The highest BCUT2D eigenvalue weighted by Crippen LogP contribution is 2.38. The van der Waals surface area contributed by atoms with E-state index in [-0.39, 0.29) is 11.4 Å². The van der Waals surface area contributed by atoms with Gasteiger partial charge in [0, 0.05) is 6.20 Å². The third-order valence-corrected chi connectivity index (χ3v) is 4.78. The van der Waals surface area contributed by atoms with Crippen molar-refractivity contribution in [2.75, 3.05) is 5.32 Å². The fraction of sp³-hybridized carbons (Fsp3) is 0.125. The lowest BCUT2D eigenvalue weighted by Crippen LogP contribution is -2.20. The van der Waals surface area contributed by atoms with Crippen molar-refractivity contribution in [3.8, 4) is 0 Å². The van der Waals surface area contributed by atoms with Crippen LogP contribution in [0, 0.1) is 23.3 Å². The monoisotopic (exact) mass is 457 g/mol. The van der Waals surface area contributed by atoms with Crippen LogP contribution in [0.25, 0.3) is 0 Å². The molecule has 0 aliphatic carbocycles. The van der Waals surface area contributed by atoms with Gasteiger partial charge in [-0.25, -0.2) is 17.6 Å². The quantitative estimate of drug-likeness (QED) is 0.417. The van der Waals surface area contributed by atoms with E-state index in [0.29, 0.717) is 10.6 Å². The summed E-state index contributed by atoms with van der Waals surface area (Å²) in [6.07, 6.45) is -2.80. The van der Waals surface area contributed by atoms with Crippen molar-refractivity contribution in [3.63, 3.8) is 0 Å². The highest BCUT2D eigenvalue weighted by Gasteiger charge is 2.42. The highest BCUT2D eigenvalue weighted by molar-refractivity contribution is 7.12. The number of rotatable bonds is 4. The van der Waals surface area contributed by atoms with Gasteiger partial charge in [-0.05, 0) is 17.0 Å². The molecular weight excluding hydrogens is 451 g/mol. The lowest BCUT2D eigenvalue weighted by atomic mass is 10.1. The van der Waals surface area contributed by atoms with Gasteiger partial charge in [0.25, 0.3) is 5.91 Å². The van der Waals surface area contributed by atoms with Gasteiger partial charge >= 0.3 is 6.18 Å². The highest BCUT2D eigenvalue weighted by atomic mass is 35.5. The Morgan fingerprint density at radius 1 is 1.14 bits per heavy atom. The summed E-state index contributed by atoms with van der Waals surface area (Å²) >= 11 is 6.55. The first-order valence-electron chi connectivity index (χ1n) is 7.49. The van der Waals surface area contributed by atoms with Crippen LogP contribution in [0.4, 0.5) is 36.4 Å².